The maximum absolute atomic E-state index is 12.4. The number of piperidine rings is 1. The van der Waals surface area contributed by atoms with Gasteiger partial charge in [0.05, 0.1) is 12.0 Å². The summed E-state index contributed by atoms with van der Waals surface area (Å²) >= 11 is 0. The molecule has 136 valence electrons. The highest BCUT2D eigenvalue weighted by Gasteiger charge is 2.36. The first kappa shape index (κ1) is 20.4. The number of piperazine rings is 1. The Morgan fingerprint density at radius 1 is 1.04 bits per heavy atom. The Morgan fingerprint density at radius 2 is 1.57 bits per heavy atom. The van der Waals surface area contributed by atoms with Gasteiger partial charge in [-0.05, 0) is 33.2 Å². The van der Waals surface area contributed by atoms with Crippen LogP contribution in [0.5, 0.6) is 0 Å². The minimum absolute atomic E-state index is 0.130. The number of carbonyl (C=O) groups excluding carboxylic acids is 1. The van der Waals surface area contributed by atoms with Crippen molar-refractivity contribution in [3.8, 4) is 0 Å². The van der Waals surface area contributed by atoms with E-state index < -0.39 is 5.60 Å². The van der Waals surface area contributed by atoms with Crippen molar-refractivity contribution in [3.05, 3.63) is 0 Å². The SMILES string of the molecule is CC.CCN1CCC(O)(CC(=O)N2CCN(C(C)C)CC2)CC1. The van der Waals surface area contributed by atoms with Crippen LogP contribution in [0.15, 0.2) is 0 Å². The third kappa shape index (κ3) is 6.05. The topological polar surface area (TPSA) is 47.0 Å². The van der Waals surface area contributed by atoms with Gasteiger partial charge in [-0.2, -0.15) is 0 Å². The predicted molar refractivity (Wildman–Crippen MR) is 95.6 cm³/mol. The van der Waals surface area contributed by atoms with Crippen molar-refractivity contribution in [1.29, 1.82) is 0 Å². The van der Waals surface area contributed by atoms with Gasteiger partial charge < -0.3 is 14.9 Å². The lowest BCUT2D eigenvalue weighted by Crippen LogP contribution is -2.53. The lowest BCUT2D eigenvalue weighted by Gasteiger charge is -2.40. The minimum Gasteiger partial charge on any atom is -0.389 e. The van der Waals surface area contributed by atoms with Gasteiger partial charge in [0.1, 0.15) is 0 Å². The standard InChI is InChI=1S/C16H31N3O2.C2H6/c1-4-17-7-5-16(21,6-8-17)13-15(20)19-11-9-18(10-12-19)14(2)3;1-2/h14,21H,4-13H2,1-3H3;1-2H3. The maximum atomic E-state index is 12.4. The number of aliphatic hydroxyl groups is 1. The van der Waals surface area contributed by atoms with Crippen LogP contribution in [0, 0.1) is 0 Å². The molecule has 0 aromatic rings. The van der Waals surface area contributed by atoms with Crippen molar-refractivity contribution >= 4 is 5.91 Å². The molecule has 0 aromatic heterocycles. The normalized spacial score (nSPS) is 22.7. The van der Waals surface area contributed by atoms with E-state index in [1.807, 2.05) is 18.7 Å². The predicted octanol–water partition coefficient (Wildman–Crippen LogP) is 1.80. The molecule has 2 rings (SSSR count). The molecule has 0 spiro atoms. The van der Waals surface area contributed by atoms with Crippen LogP contribution in [-0.2, 0) is 4.79 Å². The van der Waals surface area contributed by atoms with Gasteiger partial charge in [-0.3, -0.25) is 9.69 Å². The van der Waals surface area contributed by atoms with Crippen LogP contribution in [-0.4, -0.2) is 83.2 Å². The molecule has 23 heavy (non-hydrogen) atoms. The average molecular weight is 328 g/mol. The smallest absolute Gasteiger partial charge is 0.225 e. The van der Waals surface area contributed by atoms with Gasteiger partial charge in [-0.1, -0.05) is 20.8 Å². The summed E-state index contributed by atoms with van der Waals surface area (Å²) in [5, 5.41) is 10.6. The first-order valence-corrected chi connectivity index (χ1v) is 9.40. The third-order valence-electron chi connectivity index (χ3n) is 5.11. The van der Waals surface area contributed by atoms with Gasteiger partial charge in [0.2, 0.25) is 5.91 Å². The van der Waals surface area contributed by atoms with Crippen molar-refractivity contribution in [2.45, 2.75) is 65.5 Å². The molecule has 0 unspecified atom stereocenters. The number of rotatable bonds is 4. The second-order valence-electron chi connectivity index (χ2n) is 6.85. The second kappa shape index (κ2) is 9.60. The van der Waals surface area contributed by atoms with Crippen LogP contribution < -0.4 is 0 Å². The summed E-state index contributed by atoms with van der Waals surface area (Å²) in [7, 11) is 0. The Balaban J connectivity index is 0.00000127. The third-order valence-corrected chi connectivity index (χ3v) is 5.11. The van der Waals surface area contributed by atoms with Crippen LogP contribution in [0.1, 0.15) is 53.9 Å². The number of hydrogen-bond acceptors (Lipinski definition) is 4. The van der Waals surface area contributed by atoms with Crippen LogP contribution in [0.3, 0.4) is 0 Å². The average Bonchev–Trinajstić information content (AvgIpc) is 2.57. The largest absolute Gasteiger partial charge is 0.389 e. The van der Waals surface area contributed by atoms with Crippen molar-refractivity contribution in [2.75, 3.05) is 45.8 Å². The summed E-state index contributed by atoms with van der Waals surface area (Å²) in [6, 6.07) is 0.546. The van der Waals surface area contributed by atoms with Crippen LogP contribution in [0.25, 0.3) is 0 Å². The molecule has 1 N–H and O–H groups in total. The summed E-state index contributed by atoms with van der Waals surface area (Å²) in [5.74, 6) is 0.130. The Labute approximate surface area is 142 Å². The Bertz CT molecular complexity index is 344. The molecular weight excluding hydrogens is 290 g/mol. The molecule has 2 saturated heterocycles. The lowest BCUT2D eigenvalue weighted by atomic mass is 9.87. The van der Waals surface area contributed by atoms with E-state index in [9.17, 15) is 9.90 Å². The Hall–Kier alpha value is -0.650. The molecular formula is C18H37N3O2. The van der Waals surface area contributed by atoms with Crippen molar-refractivity contribution < 1.29 is 9.90 Å². The summed E-state index contributed by atoms with van der Waals surface area (Å²) in [5.41, 5.74) is -0.780. The number of likely N-dealkylation sites (tertiary alicyclic amines) is 1. The van der Waals surface area contributed by atoms with Gasteiger partial charge in [-0.25, -0.2) is 0 Å². The van der Waals surface area contributed by atoms with Gasteiger partial charge in [0.15, 0.2) is 0 Å². The number of hydrogen-bond donors (Lipinski definition) is 1. The molecule has 0 bridgehead atoms. The second-order valence-corrected chi connectivity index (χ2v) is 6.85. The fraction of sp³-hybridized carbons (Fsp3) is 0.944. The zero-order valence-corrected chi connectivity index (χ0v) is 15.8. The van der Waals surface area contributed by atoms with Crippen LogP contribution >= 0.6 is 0 Å². The first-order chi connectivity index (χ1) is 10.9. The molecule has 1 amide bonds. The molecule has 0 radical (unpaired) electrons. The van der Waals surface area contributed by atoms with Gasteiger partial charge >= 0.3 is 0 Å². The molecule has 5 nitrogen and oxygen atoms in total. The molecule has 2 aliphatic rings. The number of amides is 1. The molecule has 5 heteroatoms. The summed E-state index contributed by atoms with van der Waals surface area (Å²) in [6.45, 7) is 16.9. The van der Waals surface area contributed by atoms with E-state index in [-0.39, 0.29) is 5.91 Å². The van der Waals surface area contributed by atoms with Gasteiger partial charge in [0, 0.05) is 45.3 Å². The molecule has 0 aliphatic carbocycles. The van der Waals surface area contributed by atoms with Crippen LogP contribution in [0.4, 0.5) is 0 Å². The fourth-order valence-corrected chi connectivity index (χ4v) is 3.34. The van der Waals surface area contributed by atoms with Gasteiger partial charge in [0.25, 0.3) is 0 Å². The Morgan fingerprint density at radius 3 is 2.00 bits per heavy atom. The van der Waals surface area contributed by atoms with E-state index in [1.54, 1.807) is 0 Å². The Kier molecular flexibility index (Phi) is 8.51. The lowest BCUT2D eigenvalue weighted by molar-refractivity contribution is -0.140. The van der Waals surface area contributed by atoms with E-state index in [2.05, 4.69) is 30.6 Å². The van der Waals surface area contributed by atoms with E-state index in [0.717, 1.165) is 58.7 Å². The molecule has 0 saturated carbocycles. The monoisotopic (exact) mass is 327 g/mol. The zero-order valence-electron chi connectivity index (χ0n) is 15.8. The van der Waals surface area contributed by atoms with Crippen LogP contribution in [0.2, 0.25) is 0 Å². The highest BCUT2D eigenvalue weighted by Crippen LogP contribution is 2.26. The molecule has 2 aliphatic heterocycles. The van der Waals surface area contributed by atoms with Crippen molar-refractivity contribution in [2.24, 2.45) is 0 Å². The summed E-state index contributed by atoms with van der Waals surface area (Å²) in [4.78, 5) is 19.1. The highest BCUT2D eigenvalue weighted by atomic mass is 16.3. The highest BCUT2D eigenvalue weighted by molar-refractivity contribution is 5.77. The van der Waals surface area contributed by atoms with Crippen molar-refractivity contribution in [3.63, 3.8) is 0 Å². The van der Waals surface area contributed by atoms with Crippen molar-refractivity contribution in [1.82, 2.24) is 14.7 Å². The zero-order chi connectivity index (χ0) is 17.5. The quantitative estimate of drug-likeness (QED) is 0.855. The first-order valence-electron chi connectivity index (χ1n) is 9.40. The van der Waals surface area contributed by atoms with E-state index in [0.29, 0.717) is 12.5 Å². The van der Waals surface area contributed by atoms with E-state index in [1.165, 1.54) is 0 Å². The van der Waals surface area contributed by atoms with E-state index in [4.69, 9.17) is 0 Å². The molecule has 0 atom stereocenters. The number of nitrogens with zero attached hydrogens (tertiary/aromatic N) is 3. The summed E-state index contributed by atoms with van der Waals surface area (Å²) < 4.78 is 0. The maximum Gasteiger partial charge on any atom is 0.225 e. The molecule has 2 heterocycles. The van der Waals surface area contributed by atoms with E-state index >= 15 is 0 Å². The molecule has 2 fully saturated rings. The van der Waals surface area contributed by atoms with Gasteiger partial charge in [-0.15, -0.1) is 0 Å². The minimum atomic E-state index is -0.780. The summed E-state index contributed by atoms with van der Waals surface area (Å²) in [6.07, 6.45) is 1.74. The number of carbonyl (C=O) groups is 1. The molecule has 0 aromatic carbocycles. The fourth-order valence-electron chi connectivity index (χ4n) is 3.34.